The minimum Gasteiger partial charge on any atom is -0.495 e. The normalized spacial score (nSPS) is 11.5. The van der Waals surface area contributed by atoms with E-state index in [0.717, 1.165) is 21.0 Å². The van der Waals surface area contributed by atoms with Crippen LogP contribution in [0.4, 0.5) is 5.69 Å². The molecule has 0 bridgehead atoms. The highest BCUT2D eigenvalue weighted by Gasteiger charge is 2.24. The average molecular weight is 381 g/mol. The van der Waals surface area contributed by atoms with E-state index in [0.29, 0.717) is 11.4 Å². The van der Waals surface area contributed by atoms with Crippen LogP contribution in [0.5, 0.6) is 5.75 Å². The number of hydrazone groups is 1. The van der Waals surface area contributed by atoms with Gasteiger partial charge in [0.15, 0.2) is 0 Å². The predicted molar refractivity (Wildman–Crippen MR) is 100.0 cm³/mol. The molecule has 1 aromatic carbocycles. The average Bonchev–Trinajstić information content (AvgIpc) is 3.05. The number of amides is 1. The number of aryl methyl sites for hydroxylation is 1. The summed E-state index contributed by atoms with van der Waals surface area (Å²) in [6, 6.07) is 8.83. The van der Waals surface area contributed by atoms with Crippen molar-refractivity contribution < 1.29 is 17.9 Å². The minimum absolute atomic E-state index is 0.308. The van der Waals surface area contributed by atoms with Gasteiger partial charge in [-0.25, -0.2) is 13.8 Å². The van der Waals surface area contributed by atoms with Crippen molar-refractivity contribution in [3.8, 4) is 5.75 Å². The molecule has 1 N–H and O–H groups in total. The molecule has 0 aliphatic heterocycles. The first kappa shape index (κ1) is 18.9. The number of hydrogen-bond acceptors (Lipinski definition) is 6. The van der Waals surface area contributed by atoms with Crippen LogP contribution in [0.1, 0.15) is 10.4 Å². The third-order valence-electron chi connectivity index (χ3n) is 3.21. The highest BCUT2D eigenvalue weighted by Crippen LogP contribution is 2.30. The number of carbonyl (C=O) groups is 1. The number of rotatable bonds is 7. The molecule has 0 aliphatic rings. The molecule has 0 aliphatic carbocycles. The van der Waals surface area contributed by atoms with Crippen molar-refractivity contribution in [3.05, 3.63) is 46.2 Å². The van der Waals surface area contributed by atoms with E-state index < -0.39 is 22.5 Å². The van der Waals surface area contributed by atoms with E-state index in [2.05, 4.69) is 10.5 Å². The highest BCUT2D eigenvalue weighted by molar-refractivity contribution is 7.92. The number of benzene rings is 1. The number of nitrogens with zero attached hydrogens (tertiary/aromatic N) is 2. The molecular formula is C16H19N3O4S2. The molecule has 2 rings (SSSR count). The molecule has 0 radical (unpaired) electrons. The number of hydrogen-bond donors (Lipinski definition) is 1. The summed E-state index contributed by atoms with van der Waals surface area (Å²) >= 11 is 1.47. The van der Waals surface area contributed by atoms with Crippen molar-refractivity contribution in [3.63, 3.8) is 0 Å². The van der Waals surface area contributed by atoms with Gasteiger partial charge in [-0.2, -0.15) is 5.10 Å². The zero-order valence-electron chi connectivity index (χ0n) is 14.1. The van der Waals surface area contributed by atoms with Gasteiger partial charge in [0.05, 0.1) is 25.3 Å². The number of thiophene rings is 1. The van der Waals surface area contributed by atoms with Crippen molar-refractivity contribution >= 4 is 39.2 Å². The Labute approximate surface area is 151 Å². The van der Waals surface area contributed by atoms with Crippen LogP contribution >= 0.6 is 11.3 Å². The van der Waals surface area contributed by atoms with Gasteiger partial charge in [-0.3, -0.25) is 9.10 Å². The molecule has 0 unspecified atom stereocenters. The SMILES string of the molecule is COc1ccc(C)cc1N(CC(=O)N/N=C\c1cccs1)S(C)(=O)=O. The van der Waals surface area contributed by atoms with Crippen molar-refractivity contribution in [1.82, 2.24) is 5.43 Å². The first-order valence-electron chi connectivity index (χ1n) is 7.29. The van der Waals surface area contributed by atoms with Gasteiger partial charge < -0.3 is 4.74 Å². The van der Waals surface area contributed by atoms with Gasteiger partial charge in [-0.15, -0.1) is 11.3 Å². The van der Waals surface area contributed by atoms with E-state index in [1.165, 1.54) is 24.7 Å². The Morgan fingerprint density at radius 2 is 2.16 bits per heavy atom. The van der Waals surface area contributed by atoms with Gasteiger partial charge in [0.25, 0.3) is 5.91 Å². The third-order valence-corrected chi connectivity index (χ3v) is 5.15. The minimum atomic E-state index is -3.69. The second kappa shape index (κ2) is 8.13. The molecule has 25 heavy (non-hydrogen) atoms. The lowest BCUT2D eigenvalue weighted by atomic mass is 10.2. The number of anilines is 1. The second-order valence-corrected chi connectivity index (χ2v) is 8.14. The highest BCUT2D eigenvalue weighted by atomic mass is 32.2. The summed E-state index contributed by atoms with van der Waals surface area (Å²) in [6.45, 7) is 1.43. The lowest BCUT2D eigenvalue weighted by molar-refractivity contribution is -0.119. The topological polar surface area (TPSA) is 88.1 Å². The van der Waals surface area contributed by atoms with Crippen molar-refractivity contribution in [2.24, 2.45) is 5.10 Å². The van der Waals surface area contributed by atoms with Crippen LogP contribution in [0.15, 0.2) is 40.8 Å². The lowest BCUT2D eigenvalue weighted by Gasteiger charge is -2.23. The Bertz CT molecular complexity index is 862. The summed E-state index contributed by atoms with van der Waals surface area (Å²) < 4.78 is 30.5. The molecule has 0 spiro atoms. The smallest absolute Gasteiger partial charge is 0.260 e. The molecule has 134 valence electrons. The first-order chi connectivity index (χ1) is 11.8. The van der Waals surface area contributed by atoms with Gasteiger partial charge in [0.2, 0.25) is 10.0 Å². The zero-order valence-corrected chi connectivity index (χ0v) is 15.7. The van der Waals surface area contributed by atoms with Gasteiger partial charge in [0, 0.05) is 4.88 Å². The number of sulfonamides is 1. The quantitative estimate of drug-likeness (QED) is 0.587. The molecule has 1 heterocycles. The van der Waals surface area contributed by atoms with Gasteiger partial charge in [-0.1, -0.05) is 12.1 Å². The molecular weight excluding hydrogens is 362 g/mol. The second-order valence-electron chi connectivity index (χ2n) is 5.25. The van der Waals surface area contributed by atoms with Crippen molar-refractivity contribution in [1.29, 1.82) is 0 Å². The molecule has 9 heteroatoms. The van der Waals surface area contributed by atoms with E-state index in [1.54, 1.807) is 18.2 Å². The summed E-state index contributed by atoms with van der Waals surface area (Å²) in [5, 5.41) is 5.72. The summed E-state index contributed by atoms with van der Waals surface area (Å²) in [5.41, 5.74) is 3.49. The molecule has 0 saturated carbocycles. The van der Waals surface area contributed by atoms with Crippen LogP contribution in [0, 0.1) is 6.92 Å². The van der Waals surface area contributed by atoms with Crippen LogP contribution in [0.25, 0.3) is 0 Å². The van der Waals surface area contributed by atoms with Gasteiger partial charge in [0.1, 0.15) is 12.3 Å². The molecule has 1 aromatic heterocycles. The third kappa shape index (κ3) is 5.30. The number of methoxy groups -OCH3 is 1. The van der Waals surface area contributed by atoms with Gasteiger partial charge >= 0.3 is 0 Å². The summed E-state index contributed by atoms with van der Waals surface area (Å²) in [4.78, 5) is 13.0. The van der Waals surface area contributed by atoms with Gasteiger partial charge in [-0.05, 0) is 36.1 Å². The maximum absolute atomic E-state index is 12.2. The van der Waals surface area contributed by atoms with Crippen LogP contribution in [-0.2, 0) is 14.8 Å². The summed E-state index contributed by atoms with van der Waals surface area (Å²) in [7, 11) is -2.24. The van der Waals surface area contributed by atoms with Crippen molar-refractivity contribution in [2.75, 3.05) is 24.2 Å². The summed E-state index contributed by atoms with van der Waals surface area (Å²) in [6.07, 6.45) is 2.54. The Hall–Kier alpha value is -2.39. The van der Waals surface area contributed by atoms with Crippen LogP contribution in [0.2, 0.25) is 0 Å². The predicted octanol–water partition coefficient (Wildman–Crippen LogP) is 1.98. The van der Waals surface area contributed by atoms with Crippen LogP contribution < -0.4 is 14.5 Å². The Morgan fingerprint density at radius 3 is 2.76 bits per heavy atom. The summed E-state index contributed by atoms with van der Waals surface area (Å²) in [5.74, 6) is -0.187. The molecule has 0 fully saturated rings. The maximum atomic E-state index is 12.2. The van der Waals surface area contributed by atoms with Crippen LogP contribution in [-0.4, -0.2) is 40.4 Å². The van der Waals surface area contributed by atoms with E-state index in [4.69, 9.17) is 4.74 Å². The Kier molecular flexibility index (Phi) is 6.16. The van der Waals surface area contributed by atoms with E-state index in [1.807, 2.05) is 24.4 Å². The molecule has 0 saturated heterocycles. The molecule has 1 amide bonds. The van der Waals surface area contributed by atoms with E-state index in [-0.39, 0.29) is 0 Å². The molecule has 7 nitrogen and oxygen atoms in total. The fraction of sp³-hybridized carbons (Fsp3) is 0.250. The maximum Gasteiger partial charge on any atom is 0.260 e. The molecule has 0 atom stereocenters. The number of carbonyl (C=O) groups excluding carboxylic acids is 1. The van der Waals surface area contributed by atoms with Crippen LogP contribution in [0.3, 0.4) is 0 Å². The molecule has 2 aromatic rings. The largest absolute Gasteiger partial charge is 0.495 e. The Morgan fingerprint density at radius 1 is 1.40 bits per heavy atom. The van der Waals surface area contributed by atoms with Crippen molar-refractivity contribution in [2.45, 2.75) is 6.92 Å². The number of ether oxygens (including phenoxy) is 1. The monoisotopic (exact) mass is 381 g/mol. The Balaban J connectivity index is 2.19. The lowest BCUT2D eigenvalue weighted by Crippen LogP contribution is -2.39. The fourth-order valence-electron chi connectivity index (χ4n) is 2.07. The van der Waals surface area contributed by atoms with E-state index in [9.17, 15) is 13.2 Å². The van der Waals surface area contributed by atoms with E-state index >= 15 is 0 Å². The standard InChI is InChI=1S/C16H19N3O4S2/c1-12-6-7-15(23-2)14(9-12)19(25(3,21)22)11-16(20)18-17-10-13-5-4-8-24-13/h4-10H,11H2,1-3H3,(H,18,20)/b17-10-. The fourth-order valence-corrected chi connectivity index (χ4v) is 3.51. The zero-order chi connectivity index (χ0) is 18.4. The number of nitrogens with one attached hydrogen (secondary N) is 1. The first-order valence-corrected chi connectivity index (χ1v) is 10.0.